The van der Waals surface area contributed by atoms with E-state index in [-0.39, 0.29) is 24.0 Å². The molecule has 0 aliphatic carbocycles. The topological polar surface area (TPSA) is 69.5 Å². The molecule has 2 aromatic rings. The van der Waals surface area contributed by atoms with Crippen molar-refractivity contribution in [1.29, 1.82) is 0 Å². The third-order valence-electron chi connectivity index (χ3n) is 4.44. The molecule has 3 rings (SSSR count). The molecule has 140 valence electrons. The molecule has 1 N–H and O–H groups in total. The van der Waals surface area contributed by atoms with E-state index in [1.165, 1.54) is 11.1 Å². The van der Waals surface area contributed by atoms with Gasteiger partial charge in [0, 0.05) is 64.6 Å². The highest BCUT2D eigenvalue weighted by Crippen LogP contribution is 2.10. The van der Waals surface area contributed by atoms with Gasteiger partial charge >= 0.3 is 0 Å². The van der Waals surface area contributed by atoms with Crippen LogP contribution in [0.2, 0.25) is 0 Å². The Morgan fingerprint density at radius 1 is 1.15 bits per heavy atom. The van der Waals surface area contributed by atoms with Gasteiger partial charge in [-0.2, -0.15) is 0 Å². The second-order valence-corrected chi connectivity index (χ2v) is 6.05. The number of aromatic nitrogens is 3. The van der Waals surface area contributed by atoms with Crippen molar-refractivity contribution < 1.29 is 0 Å². The standard InChI is InChI=1S/C18H25N7.HI/c1-15-14-20-8-4-16(15)5-9-23-17(19-2)24-10-12-25(13-11-24)18-21-6-3-7-22-18;/h3-4,6-8,14H,5,9-13H2,1-2H3,(H,19,23);1H. The van der Waals surface area contributed by atoms with E-state index in [4.69, 9.17) is 0 Å². The molecule has 26 heavy (non-hydrogen) atoms. The molecule has 3 heterocycles. The van der Waals surface area contributed by atoms with E-state index in [9.17, 15) is 0 Å². The largest absolute Gasteiger partial charge is 0.356 e. The molecule has 1 aliphatic heterocycles. The van der Waals surface area contributed by atoms with E-state index in [2.05, 4.69) is 48.1 Å². The van der Waals surface area contributed by atoms with Gasteiger partial charge in [-0.3, -0.25) is 9.98 Å². The predicted octanol–water partition coefficient (Wildman–Crippen LogP) is 1.74. The summed E-state index contributed by atoms with van der Waals surface area (Å²) in [4.78, 5) is 21.7. The number of nitrogens with zero attached hydrogens (tertiary/aromatic N) is 6. The van der Waals surface area contributed by atoms with E-state index >= 15 is 0 Å². The SMILES string of the molecule is CN=C(NCCc1ccncc1C)N1CCN(c2ncccn2)CC1.I. The van der Waals surface area contributed by atoms with Crippen molar-refractivity contribution in [1.82, 2.24) is 25.2 Å². The average molecular weight is 467 g/mol. The fourth-order valence-corrected chi connectivity index (χ4v) is 3.00. The van der Waals surface area contributed by atoms with Gasteiger partial charge in [0.15, 0.2) is 5.96 Å². The Kier molecular flexibility index (Phi) is 8.02. The monoisotopic (exact) mass is 467 g/mol. The third kappa shape index (κ3) is 5.26. The first kappa shape index (κ1) is 20.3. The zero-order chi connectivity index (χ0) is 17.5. The smallest absolute Gasteiger partial charge is 0.225 e. The van der Waals surface area contributed by atoms with Crippen LogP contribution in [0.1, 0.15) is 11.1 Å². The van der Waals surface area contributed by atoms with Gasteiger partial charge in [-0.25, -0.2) is 9.97 Å². The van der Waals surface area contributed by atoms with Crippen LogP contribution in [0.4, 0.5) is 5.95 Å². The maximum atomic E-state index is 4.43. The summed E-state index contributed by atoms with van der Waals surface area (Å²) in [5.74, 6) is 1.76. The fraction of sp³-hybridized carbons (Fsp3) is 0.444. The molecule has 0 radical (unpaired) electrons. The quantitative estimate of drug-likeness (QED) is 0.420. The first-order valence-electron chi connectivity index (χ1n) is 8.65. The first-order chi connectivity index (χ1) is 12.3. The van der Waals surface area contributed by atoms with Crippen LogP contribution in [0, 0.1) is 6.92 Å². The lowest BCUT2D eigenvalue weighted by molar-refractivity contribution is 0.370. The molecule has 1 aliphatic rings. The molecule has 7 nitrogen and oxygen atoms in total. The van der Waals surface area contributed by atoms with Gasteiger partial charge in [0.2, 0.25) is 5.95 Å². The summed E-state index contributed by atoms with van der Waals surface area (Å²) in [6.45, 7) is 6.57. The number of hydrogen-bond acceptors (Lipinski definition) is 5. The Labute approximate surface area is 172 Å². The van der Waals surface area contributed by atoms with Crippen LogP contribution >= 0.6 is 24.0 Å². The zero-order valence-electron chi connectivity index (χ0n) is 15.3. The van der Waals surface area contributed by atoms with Crippen molar-refractivity contribution in [3.63, 3.8) is 0 Å². The van der Waals surface area contributed by atoms with E-state index < -0.39 is 0 Å². The number of hydrogen-bond donors (Lipinski definition) is 1. The highest BCUT2D eigenvalue weighted by molar-refractivity contribution is 14.0. The number of aryl methyl sites for hydroxylation is 1. The molecular weight excluding hydrogens is 441 g/mol. The fourth-order valence-electron chi connectivity index (χ4n) is 3.00. The van der Waals surface area contributed by atoms with Crippen molar-refractivity contribution in [2.24, 2.45) is 4.99 Å². The van der Waals surface area contributed by atoms with Gasteiger partial charge < -0.3 is 15.1 Å². The molecule has 0 atom stereocenters. The van der Waals surface area contributed by atoms with Crippen molar-refractivity contribution in [3.05, 3.63) is 48.0 Å². The Morgan fingerprint density at radius 3 is 2.54 bits per heavy atom. The number of nitrogens with one attached hydrogen (secondary N) is 1. The molecule has 1 saturated heterocycles. The molecule has 2 aromatic heterocycles. The number of aliphatic imine (C=N–C) groups is 1. The lowest BCUT2D eigenvalue weighted by Gasteiger charge is -2.36. The van der Waals surface area contributed by atoms with E-state index in [0.717, 1.165) is 51.1 Å². The van der Waals surface area contributed by atoms with Crippen molar-refractivity contribution in [2.75, 3.05) is 44.7 Å². The van der Waals surface area contributed by atoms with Gasteiger partial charge in [-0.1, -0.05) is 0 Å². The number of halogens is 1. The van der Waals surface area contributed by atoms with Gasteiger partial charge in [-0.05, 0) is 36.6 Å². The van der Waals surface area contributed by atoms with E-state index in [1.807, 2.05) is 25.5 Å². The van der Waals surface area contributed by atoms with Crippen LogP contribution in [0.5, 0.6) is 0 Å². The molecule has 0 saturated carbocycles. The number of pyridine rings is 1. The van der Waals surface area contributed by atoms with Gasteiger partial charge in [0.25, 0.3) is 0 Å². The summed E-state index contributed by atoms with van der Waals surface area (Å²) in [6, 6.07) is 3.93. The minimum Gasteiger partial charge on any atom is -0.356 e. The van der Waals surface area contributed by atoms with Gasteiger partial charge in [-0.15, -0.1) is 24.0 Å². The maximum absolute atomic E-state index is 4.43. The Balaban J connectivity index is 0.00000243. The average Bonchev–Trinajstić information content (AvgIpc) is 2.67. The van der Waals surface area contributed by atoms with Crippen LogP contribution in [-0.4, -0.2) is 65.6 Å². The number of rotatable bonds is 4. The second kappa shape index (κ2) is 10.2. The predicted molar refractivity (Wildman–Crippen MR) is 115 cm³/mol. The third-order valence-corrected chi connectivity index (χ3v) is 4.44. The molecule has 0 spiro atoms. The summed E-state index contributed by atoms with van der Waals surface area (Å²) in [6.07, 6.45) is 8.30. The summed E-state index contributed by atoms with van der Waals surface area (Å²) in [5, 5.41) is 3.48. The minimum atomic E-state index is 0. The molecule has 8 heteroatoms. The molecule has 0 unspecified atom stereocenters. The normalized spacial score (nSPS) is 14.8. The molecule has 1 fully saturated rings. The van der Waals surface area contributed by atoms with Crippen LogP contribution in [0.15, 0.2) is 41.9 Å². The number of piperazine rings is 1. The van der Waals surface area contributed by atoms with Gasteiger partial charge in [0.05, 0.1) is 0 Å². The lowest BCUT2D eigenvalue weighted by Crippen LogP contribution is -2.53. The second-order valence-electron chi connectivity index (χ2n) is 6.05. The Morgan fingerprint density at radius 2 is 1.88 bits per heavy atom. The molecule has 0 bridgehead atoms. The van der Waals surface area contributed by atoms with Crippen LogP contribution in [0.3, 0.4) is 0 Å². The maximum Gasteiger partial charge on any atom is 0.225 e. The molecule has 0 aromatic carbocycles. The van der Waals surface area contributed by atoms with Crippen molar-refractivity contribution in [3.8, 4) is 0 Å². The summed E-state index contributed by atoms with van der Waals surface area (Å²) in [5.41, 5.74) is 2.56. The highest BCUT2D eigenvalue weighted by atomic mass is 127. The lowest BCUT2D eigenvalue weighted by atomic mass is 10.1. The highest BCUT2D eigenvalue weighted by Gasteiger charge is 2.20. The zero-order valence-corrected chi connectivity index (χ0v) is 17.6. The van der Waals surface area contributed by atoms with Crippen LogP contribution < -0.4 is 10.2 Å². The molecule has 0 amide bonds. The van der Waals surface area contributed by atoms with Crippen molar-refractivity contribution in [2.45, 2.75) is 13.3 Å². The van der Waals surface area contributed by atoms with Gasteiger partial charge in [0.1, 0.15) is 0 Å². The van der Waals surface area contributed by atoms with Crippen LogP contribution in [0.25, 0.3) is 0 Å². The minimum absolute atomic E-state index is 0. The summed E-state index contributed by atoms with van der Waals surface area (Å²) < 4.78 is 0. The number of guanidine groups is 1. The molecular formula is C18H26IN7. The van der Waals surface area contributed by atoms with Crippen LogP contribution in [-0.2, 0) is 6.42 Å². The Hall–Kier alpha value is -1.97. The van der Waals surface area contributed by atoms with Crippen molar-refractivity contribution >= 4 is 35.9 Å². The first-order valence-corrected chi connectivity index (χ1v) is 8.65. The van der Waals surface area contributed by atoms with E-state index in [1.54, 1.807) is 12.4 Å². The summed E-state index contributed by atoms with van der Waals surface area (Å²) in [7, 11) is 1.84. The summed E-state index contributed by atoms with van der Waals surface area (Å²) >= 11 is 0. The Bertz CT molecular complexity index is 700. The van der Waals surface area contributed by atoms with E-state index in [0.29, 0.717) is 0 Å². The number of anilines is 1.